The van der Waals surface area contributed by atoms with Gasteiger partial charge >= 0.3 is 0 Å². The Bertz CT molecular complexity index is 367. The molecule has 0 fully saturated rings. The summed E-state index contributed by atoms with van der Waals surface area (Å²) in [6.45, 7) is 2.05. The van der Waals surface area contributed by atoms with Crippen molar-refractivity contribution >= 4 is 5.91 Å². The van der Waals surface area contributed by atoms with Crippen molar-refractivity contribution in [2.24, 2.45) is 0 Å². The normalized spacial score (nSPS) is 11.9. The molecule has 0 bridgehead atoms. The first kappa shape index (κ1) is 14.4. The molecule has 1 atom stereocenters. The lowest BCUT2D eigenvalue weighted by Gasteiger charge is -2.10. The average Bonchev–Trinajstić information content (AvgIpc) is 2.36. The van der Waals surface area contributed by atoms with E-state index in [1.165, 1.54) is 12.1 Å². The maximum atomic E-state index is 12.6. The Morgan fingerprint density at radius 3 is 2.72 bits per heavy atom. The summed E-state index contributed by atoms with van der Waals surface area (Å²) in [5, 5.41) is 11.4. The molecule has 100 valence electrons. The van der Waals surface area contributed by atoms with Crippen LogP contribution in [0.4, 0.5) is 4.39 Å². The van der Waals surface area contributed by atoms with Gasteiger partial charge in [0.2, 0.25) is 5.91 Å². The standard InChI is InChI=1S/C13H18FNO3/c1-10(9-16)15-13(17)3-2-8-18-12-6-4-11(14)5-7-12/h4-7,10,16H,2-3,8-9H2,1H3,(H,15,17)/t10-/m1/s1. The van der Waals surface area contributed by atoms with Gasteiger partial charge in [0.1, 0.15) is 11.6 Å². The van der Waals surface area contributed by atoms with Crippen LogP contribution in [0, 0.1) is 5.82 Å². The third-order valence-electron chi connectivity index (χ3n) is 2.31. The topological polar surface area (TPSA) is 58.6 Å². The Kier molecular flexibility index (Phi) is 6.14. The second-order valence-corrected chi connectivity index (χ2v) is 4.06. The Hall–Kier alpha value is -1.62. The van der Waals surface area contributed by atoms with E-state index in [1.807, 2.05) is 0 Å². The van der Waals surface area contributed by atoms with Crippen LogP contribution in [0.5, 0.6) is 5.75 Å². The Labute approximate surface area is 106 Å². The van der Waals surface area contributed by atoms with Gasteiger partial charge in [0.05, 0.1) is 13.2 Å². The number of hydrogen-bond acceptors (Lipinski definition) is 3. The SMILES string of the molecule is C[C@H](CO)NC(=O)CCCOc1ccc(F)cc1. The van der Waals surface area contributed by atoms with Crippen molar-refractivity contribution in [3.05, 3.63) is 30.1 Å². The van der Waals surface area contributed by atoms with E-state index >= 15 is 0 Å². The van der Waals surface area contributed by atoms with Gasteiger partial charge in [-0.15, -0.1) is 0 Å². The van der Waals surface area contributed by atoms with Crippen LogP contribution in [-0.2, 0) is 4.79 Å². The molecule has 1 amide bonds. The summed E-state index contributed by atoms with van der Waals surface area (Å²) in [4.78, 5) is 11.3. The van der Waals surface area contributed by atoms with Crippen LogP contribution in [0.2, 0.25) is 0 Å². The zero-order valence-electron chi connectivity index (χ0n) is 10.4. The Morgan fingerprint density at radius 2 is 2.11 bits per heavy atom. The number of aliphatic hydroxyl groups excluding tert-OH is 1. The van der Waals surface area contributed by atoms with E-state index in [-0.39, 0.29) is 24.4 Å². The summed E-state index contributed by atoms with van der Waals surface area (Å²) in [5.74, 6) is 0.166. The number of carbonyl (C=O) groups is 1. The molecule has 2 N–H and O–H groups in total. The smallest absolute Gasteiger partial charge is 0.220 e. The van der Waals surface area contributed by atoms with Gasteiger partial charge in [0.15, 0.2) is 0 Å². The van der Waals surface area contributed by atoms with Crippen molar-refractivity contribution in [2.45, 2.75) is 25.8 Å². The molecule has 5 heteroatoms. The fourth-order valence-corrected chi connectivity index (χ4v) is 1.35. The molecule has 4 nitrogen and oxygen atoms in total. The number of benzene rings is 1. The van der Waals surface area contributed by atoms with Crippen LogP contribution < -0.4 is 10.1 Å². The summed E-state index contributed by atoms with van der Waals surface area (Å²) in [6, 6.07) is 5.51. The van der Waals surface area contributed by atoms with E-state index in [1.54, 1.807) is 19.1 Å². The maximum Gasteiger partial charge on any atom is 0.220 e. The Morgan fingerprint density at radius 1 is 1.44 bits per heavy atom. The monoisotopic (exact) mass is 255 g/mol. The van der Waals surface area contributed by atoms with Crippen LogP contribution in [0.15, 0.2) is 24.3 Å². The summed E-state index contributed by atoms with van der Waals surface area (Å²) < 4.78 is 18.0. The first-order valence-corrected chi connectivity index (χ1v) is 5.90. The molecule has 0 saturated heterocycles. The molecule has 0 aliphatic carbocycles. The van der Waals surface area contributed by atoms with Gasteiger partial charge in [0, 0.05) is 12.5 Å². The van der Waals surface area contributed by atoms with Crippen molar-refractivity contribution in [1.82, 2.24) is 5.32 Å². The van der Waals surface area contributed by atoms with E-state index in [0.29, 0.717) is 25.2 Å². The van der Waals surface area contributed by atoms with Gasteiger partial charge in [-0.3, -0.25) is 4.79 Å². The highest BCUT2D eigenvalue weighted by Gasteiger charge is 2.05. The van der Waals surface area contributed by atoms with Crippen molar-refractivity contribution in [3.63, 3.8) is 0 Å². The number of ether oxygens (including phenoxy) is 1. The van der Waals surface area contributed by atoms with E-state index in [2.05, 4.69) is 5.32 Å². The van der Waals surface area contributed by atoms with Gasteiger partial charge in [-0.2, -0.15) is 0 Å². The predicted molar refractivity (Wildman–Crippen MR) is 65.8 cm³/mol. The van der Waals surface area contributed by atoms with E-state index in [9.17, 15) is 9.18 Å². The number of hydrogen-bond donors (Lipinski definition) is 2. The van der Waals surface area contributed by atoms with Crippen molar-refractivity contribution in [1.29, 1.82) is 0 Å². The van der Waals surface area contributed by atoms with Gasteiger partial charge in [-0.25, -0.2) is 4.39 Å². The second kappa shape index (κ2) is 7.66. The van der Waals surface area contributed by atoms with Gasteiger partial charge < -0.3 is 15.2 Å². The summed E-state index contributed by atoms with van der Waals surface area (Å²) in [6.07, 6.45) is 0.910. The van der Waals surface area contributed by atoms with Crippen LogP contribution in [-0.4, -0.2) is 30.3 Å². The zero-order valence-corrected chi connectivity index (χ0v) is 10.4. The molecule has 1 aromatic carbocycles. The first-order valence-electron chi connectivity index (χ1n) is 5.90. The highest BCUT2D eigenvalue weighted by atomic mass is 19.1. The molecular formula is C13H18FNO3. The minimum Gasteiger partial charge on any atom is -0.494 e. The number of amides is 1. The molecule has 18 heavy (non-hydrogen) atoms. The molecule has 0 saturated carbocycles. The number of rotatable bonds is 7. The molecule has 0 heterocycles. The van der Waals surface area contributed by atoms with Crippen molar-refractivity contribution in [2.75, 3.05) is 13.2 Å². The number of carbonyl (C=O) groups excluding carboxylic acids is 1. The van der Waals surface area contributed by atoms with Crippen LogP contribution in [0.1, 0.15) is 19.8 Å². The maximum absolute atomic E-state index is 12.6. The minimum atomic E-state index is -0.306. The fourth-order valence-electron chi connectivity index (χ4n) is 1.35. The van der Waals surface area contributed by atoms with Crippen molar-refractivity contribution in [3.8, 4) is 5.75 Å². The number of aliphatic hydroxyl groups is 1. The molecule has 0 unspecified atom stereocenters. The molecular weight excluding hydrogens is 237 g/mol. The lowest BCUT2D eigenvalue weighted by molar-refractivity contribution is -0.122. The van der Waals surface area contributed by atoms with Gasteiger partial charge in [-0.1, -0.05) is 0 Å². The average molecular weight is 255 g/mol. The van der Waals surface area contributed by atoms with Crippen LogP contribution >= 0.6 is 0 Å². The quantitative estimate of drug-likeness (QED) is 0.726. The summed E-state index contributed by atoms with van der Waals surface area (Å²) >= 11 is 0. The third-order valence-corrected chi connectivity index (χ3v) is 2.31. The summed E-state index contributed by atoms with van der Waals surface area (Å²) in [5.41, 5.74) is 0. The third kappa shape index (κ3) is 5.63. The lowest BCUT2D eigenvalue weighted by atomic mass is 10.2. The molecule has 0 radical (unpaired) electrons. The number of halogens is 1. The fraction of sp³-hybridized carbons (Fsp3) is 0.462. The van der Waals surface area contributed by atoms with E-state index in [4.69, 9.17) is 9.84 Å². The minimum absolute atomic E-state index is 0.0716. The highest BCUT2D eigenvalue weighted by Crippen LogP contribution is 2.11. The van der Waals surface area contributed by atoms with Crippen LogP contribution in [0.25, 0.3) is 0 Å². The molecule has 0 aromatic heterocycles. The zero-order chi connectivity index (χ0) is 13.4. The van der Waals surface area contributed by atoms with Crippen LogP contribution in [0.3, 0.4) is 0 Å². The highest BCUT2D eigenvalue weighted by molar-refractivity contribution is 5.76. The Balaban J connectivity index is 2.15. The first-order chi connectivity index (χ1) is 8.61. The largest absolute Gasteiger partial charge is 0.494 e. The van der Waals surface area contributed by atoms with Gasteiger partial charge in [0.25, 0.3) is 0 Å². The summed E-state index contributed by atoms with van der Waals surface area (Å²) in [7, 11) is 0. The molecule has 1 rings (SSSR count). The molecule has 0 spiro atoms. The van der Waals surface area contributed by atoms with E-state index < -0.39 is 0 Å². The molecule has 1 aromatic rings. The van der Waals surface area contributed by atoms with Crippen molar-refractivity contribution < 1.29 is 19.0 Å². The molecule has 0 aliphatic heterocycles. The van der Waals surface area contributed by atoms with E-state index in [0.717, 1.165) is 0 Å². The lowest BCUT2D eigenvalue weighted by Crippen LogP contribution is -2.34. The number of nitrogens with one attached hydrogen (secondary N) is 1. The second-order valence-electron chi connectivity index (χ2n) is 4.06. The van der Waals surface area contributed by atoms with Gasteiger partial charge in [-0.05, 0) is 37.6 Å². The molecule has 0 aliphatic rings. The predicted octanol–water partition coefficient (Wildman–Crippen LogP) is 1.48.